The number of likely N-dealkylation sites (tertiary alicyclic amines) is 1. The summed E-state index contributed by atoms with van der Waals surface area (Å²) in [5.41, 5.74) is 17.0. The molecule has 0 spiro atoms. The first kappa shape index (κ1) is 54.6. The van der Waals surface area contributed by atoms with Gasteiger partial charge >= 0.3 is 13.8 Å². The molecule has 7 amide bonds. The number of aliphatic imine (C=N–C) groups is 1. The molecule has 67 heavy (non-hydrogen) atoms. The number of hydrogen-bond acceptors (Lipinski definition) is 15. The van der Waals surface area contributed by atoms with Gasteiger partial charge in [-0.3, -0.25) is 47.9 Å². The lowest BCUT2D eigenvalue weighted by atomic mass is 10.0. The van der Waals surface area contributed by atoms with Crippen molar-refractivity contribution in [2.45, 2.75) is 101 Å². The Balaban J connectivity index is 1.92. The summed E-state index contributed by atoms with van der Waals surface area (Å²) in [7, 11) is -5.35. The third-order valence-corrected chi connectivity index (χ3v) is 10.5. The summed E-state index contributed by atoms with van der Waals surface area (Å²) < 4.78 is 16.5. The van der Waals surface area contributed by atoms with Crippen molar-refractivity contribution in [1.82, 2.24) is 46.8 Å². The fourth-order valence-electron chi connectivity index (χ4n) is 6.48. The van der Waals surface area contributed by atoms with E-state index in [1.807, 2.05) is 0 Å². The van der Waals surface area contributed by atoms with E-state index in [-0.39, 0.29) is 56.2 Å². The number of phosphoric acid groups is 1. The number of aromatic amines is 1. The van der Waals surface area contributed by atoms with Gasteiger partial charge in [0.25, 0.3) is 0 Å². The average Bonchev–Trinajstić information content (AvgIpc) is 3.97. The molecule has 0 radical (unpaired) electrons. The molecule has 1 aliphatic heterocycles. The molecule has 0 unspecified atom stereocenters. The second kappa shape index (κ2) is 25.8. The van der Waals surface area contributed by atoms with Crippen LogP contribution in [-0.2, 0) is 60.3 Å². The molecule has 28 nitrogen and oxygen atoms in total. The molecular formula is C38H58N13O15P. The number of phosphoric ester groups is 1. The van der Waals surface area contributed by atoms with Crippen molar-refractivity contribution in [3.63, 3.8) is 0 Å². The number of carbonyl (C=O) groups excluding carboxylic acids is 7. The molecule has 2 heterocycles. The second-order valence-electron chi connectivity index (χ2n) is 15.4. The summed E-state index contributed by atoms with van der Waals surface area (Å²) in [4.78, 5) is 137. The van der Waals surface area contributed by atoms with Crippen molar-refractivity contribution in [3.05, 3.63) is 48.0 Å². The van der Waals surface area contributed by atoms with Crippen LogP contribution < -0.4 is 49.1 Å². The number of aliphatic hydroxyl groups is 1. The summed E-state index contributed by atoms with van der Waals surface area (Å²) in [5, 5.41) is 43.4. The van der Waals surface area contributed by atoms with Gasteiger partial charge in [0.1, 0.15) is 48.0 Å². The van der Waals surface area contributed by atoms with Crippen LogP contribution in [0.5, 0.6) is 5.75 Å². The molecule has 370 valence electrons. The number of rotatable bonds is 26. The van der Waals surface area contributed by atoms with Crippen LogP contribution in [-0.4, -0.2) is 168 Å². The number of aliphatic hydroxyl groups excluding tert-OH is 1. The number of hydrogen-bond donors (Lipinski definition) is 15. The maximum atomic E-state index is 14.2. The number of H-pyrrole nitrogens is 1. The summed E-state index contributed by atoms with van der Waals surface area (Å²) in [6.07, 6.45) is 2.41. The van der Waals surface area contributed by atoms with Crippen molar-refractivity contribution in [1.29, 1.82) is 0 Å². The number of aromatic hydroxyl groups is 1. The molecule has 29 heteroatoms. The normalized spacial score (nSPS) is 16.7. The predicted molar refractivity (Wildman–Crippen MR) is 232 cm³/mol. The van der Waals surface area contributed by atoms with Crippen molar-refractivity contribution < 1.29 is 72.6 Å². The van der Waals surface area contributed by atoms with Crippen LogP contribution in [0.3, 0.4) is 0 Å². The highest BCUT2D eigenvalue weighted by molar-refractivity contribution is 7.46. The monoisotopic (exact) mass is 967 g/mol. The maximum Gasteiger partial charge on any atom is 0.469 e. The van der Waals surface area contributed by atoms with E-state index in [9.17, 15) is 68.0 Å². The third-order valence-electron chi connectivity index (χ3n) is 10.0. The van der Waals surface area contributed by atoms with Gasteiger partial charge in [0.05, 0.1) is 25.6 Å². The standard InChI is InChI=1S/C38H58N13O15P/c1-19(39)30(54)46-24(5-3-11-43-38(40)41)31(55)49-27(16-52)33(57)47-25(14-22-15-42-18-44-22)32(56)50-28(17-66-67(63,64)65)34(58)48-26(13-21-7-9-23(53)10-8-21)36(60)51-12-4-6-29(51)35(59)45-20(2)37(61)62/h7-10,15,18-20,24-29,52-53H,3-6,11-14,16-17,39H2,1-2H3,(H,42,44)(H,45,59)(H,46,54)(H,47,57)(H,48,58)(H,49,55)(H,50,56)(H,61,62)(H4,40,41,43)(H2,63,64,65)/t19-,20-,24-,25-,26-,27-,28-,29-/m0/s1. The average molecular weight is 968 g/mol. The van der Waals surface area contributed by atoms with Gasteiger partial charge in [-0.25, -0.2) is 9.55 Å². The molecule has 0 aliphatic carbocycles. The number of guanidine groups is 1. The van der Waals surface area contributed by atoms with Crippen LogP contribution in [0.2, 0.25) is 0 Å². The smallest absolute Gasteiger partial charge is 0.469 e. The molecule has 1 aromatic carbocycles. The van der Waals surface area contributed by atoms with Crippen LogP contribution in [0.25, 0.3) is 0 Å². The number of aromatic nitrogens is 2. The Labute approximate surface area is 382 Å². The molecule has 1 fully saturated rings. The lowest BCUT2D eigenvalue weighted by Crippen LogP contribution is -2.61. The van der Waals surface area contributed by atoms with Gasteiger partial charge < -0.3 is 84.1 Å². The molecule has 1 aliphatic rings. The van der Waals surface area contributed by atoms with E-state index in [0.717, 1.165) is 4.90 Å². The fourth-order valence-corrected chi connectivity index (χ4v) is 6.82. The first-order chi connectivity index (χ1) is 31.5. The van der Waals surface area contributed by atoms with Gasteiger partial charge in [-0.05, 0) is 57.2 Å². The maximum absolute atomic E-state index is 14.2. The number of carboxylic acids is 1. The van der Waals surface area contributed by atoms with Crippen molar-refractivity contribution in [3.8, 4) is 5.75 Å². The zero-order valence-electron chi connectivity index (χ0n) is 36.5. The minimum atomic E-state index is -5.35. The van der Waals surface area contributed by atoms with E-state index in [2.05, 4.69) is 51.4 Å². The summed E-state index contributed by atoms with van der Waals surface area (Å²) >= 11 is 0. The van der Waals surface area contributed by atoms with Crippen molar-refractivity contribution >= 4 is 61.1 Å². The van der Waals surface area contributed by atoms with Gasteiger partial charge in [-0.2, -0.15) is 0 Å². The van der Waals surface area contributed by atoms with Gasteiger partial charge in [-0.1, -0.05) is 12.1 Å². The zero-order chi connectivity index (χ0) is 50.0. The minimum Gasteiger partial charge on any atom is -0.508 e. The van der Waals surface area contributed by atoms with E-state index in [4.69, 9.17) is 17.2 Å². The highest BCUT2D eigenvalue weighted by Crippen LogP contribution is 2.35. The van der Waals surface area contributed by atoms with Crippen molar-refractivity contribution in [2.75, 3.05) is 26.3 Å². The number of carbonyl (C=O) groups is 8. The predicted octanol–water partition coefficient (Wildman–Crippen LogP) is -5.59. The van der Waals surface area contributed by atoms with Gasteiger partial charge in [0, 0.05) is 37.8 Å². The number of phenolic OH excluding ortho intramolecular Hbond substituents is 1. The van der Waals surface area contributed by atoms with Crippen LogP contribution in [0.4, 0.5) is 0 Å². The number of aliphatic carboxylic acids is 1. The van der Waals surface area contributed by atoms with Crippen LogP contribution in [0, 0.1) is 0 Å². The van der Waals surface area contributed by atoms with E-state index < -0.39 is 123 Å². The van der Waals surface area contributed by atoms with Gasteiger partial charge in [0.2, 0.25) is 41.4 Å². The molecule has 18 N–H and O–H groups in total. The number of nitrogens with two attached hydrogens (primary N) is 3. The Kier molecular flexibility index (Phi) is 21.1. The number of benzene rings is 1. The van der Waals surface area contributed by atoms with E-state index in [1.54, 1.807) is 0 Å². The third kappa shape index (κ3) is 18.2. The summed E-state index contributed by atoms with van der Waals surface area (Å²) in [6.45, 7) is 0.417. The second-order valence-corrected chi connectivity index (χ2v) is 16.7. The molecule has 1 saturated heterocycles. The first-order valence-electron chi connectivity index (χ1n) is 20.7. The quantitative estimate of drug-likeness (QED) is 0.0181. The number of amides is 7. The van der Waals surface area contributed by atoms with Crippen LogP contribution >= 0.6 is 7.82 Å². The first-order valence-corrected chi connectivity index (χ1v) is 22.2. The molecule has 3 rings (SSSR count). The molecule has 1 aromatic heterocycles. The van der Waals surface area contributed by atoms with E-state index in [0.29, 0.717) is 12.0 Å². The lowest BCUT2D eigenvalue weighted by molar-refractivity contribution is -0.144. The number of imidazole rings is 1. The van der Waals surface area contributed by atoms with Gasteiger partial charge in [0.15, 0.2) is 5.96 Å². The number of carboxylic acid groups (broad SMARTS) is 1. The van der Waals surface area contributed by atoms with Crippen molar-refractivity contribution in [2.24, 2.45) is 22.2 Å². The zero-order valence-corrected chi connectivity index (χ0v) is 37.4. The topological polar surface area (TPSA) is 459 Å². The molecular weight excluding hydrogens is 909 g/mol. The Hall–Kier alpha value is -6.71. The Morgan fingerprint density at radius 1 is 0.866 bits per heavy atom. The molecule has 0 bridgehead atoms. The molecule has 0 saturated carbocycles. The van der Waals surface area contributed by atoms with Crippen LogP contribution in [0.1, 0.15) is 50.8 Å². The number of nitrogens with zero attached hydrogens (tertiary/aromatic N) is 3. The largest absolute Gasteiger partial charge is 0.508 e. The van der Waals surface area contributed by atoms with E-state index in [1.165, 1.54) is 50.6 Å². The summed E-state index contributed by atoms with van der Waals surface area (Å²) in [5.74, 6) is -8.55. The minimum absolute atomic E-state index is 0.00763. The highest BCUT2D eigenvalue weighted by atomic mass is 31.2. The Morgan fingerprint density at radius 2 is 1.45 bits per heavy atom. The Morgan fingerprint density at radius 3 is 2.03 bits per heavy atom. The molecule has 8 atom stereocenters. The number of nitrogens with one attached hydrogen (secondary N) is 7. The van der Waals surface area contributed by atoms with Crippen LogP contribution in [0.15, 0.2) is 41.8 Å². The SMILES string of the molecule is C[C@H](N)C(=O)N[C@@H](CCCN=C(N)N)C(=O)N[C@@H](CO)C(=O)N[C@@H](Cc1cnc[nH]1)C(=O)N[C@@H](COP(=O)(O)O)C(=O)N[C@@H](Cc1ccc(O)cc1)C(=O)N1CCC[C@H]1C(=O)N[C@@H](C)C(=O)O. The van der Waals surface area contributed by atoms with E-state index >= 15 is 0 Å². The highest BCUT2D eigenvalue weighted by Gasteiger charge is 2.40. The fraction of sp³-hybridized carbons (Fsp3) is 0.526. The number of phenols is 1. The molecule has 2 aromatic rings. The lowest BCUT2D eigenvalue weighted by Gasteiger charge is -2.30. The van der Waals surface area contributed by atoms with Gasteiger partial charge in [-0.15, -0.1) is 0 Å². The Bertz CT molecular complexity index is 2120. The summed E-state index contributed by atoms with van der Waals surface area (Å²) in [6, 6.07) is -6.38.